The Hall–Kier alpha value is -2.90. The number of imidazole rings is 1. The van der Waals surface area contributed by atoms with Crippen LogP contribution in [0.1, 0.15) is 55.2 Å². The maximum Gasteiger partial charge on any atom is 0.256 e. The summed E-state index contributed by atoms with van der Waals surface area (Å²) in [5, 5.41) is 3.41. The number of carbonyl (C=O) groups is 1. The van der Waals surface area contributed by atoms with Gasteiger partial charge in [-0.05, 0) is 69.6 Å². The van der Waals surface area contributed by atoms with Gasteiger partial charge in [0.2, 0.25) is 0 Å². The van der Waals surface area contributed by atoms with Crippen molar-refractivity contribution in [2.24, 2.45) is 0 Å². The van der Waals surface area contributed by atoms with Crippen molar-refractivity contribution in [2.45, 2.75) is 52.6 Å². The van der Waals surface area contributed by atoms with E-state index in [2.05, 4.69) is 59.8 Å². The lowest BCUT2D eigenvalue weighted by Gasteiger charge is -2.43. The summed E-state index contributed by atoms with van der Waals surface area (Å²) in [4.78, 5) is 25.2. The molecule has 3 aromatic rings. The number of likely N-dealkylation sites (N-methyl/N-ethyl adjacent to an activating group) is 1. The van der Waals surface area contributed by atoms with Gasteiger partial charge in [0, 0.05) is 53.9 Å². The second kappa shape index (κ2) is 9.99. The maximum absolute atomic E-state index is 15.4. The monoisotopic (exact) mass is 497 g/mol. The Balaban J connectivity index is 1.56. The summed E-state index contributed by atoms with van der Waals surface area (Å²) < 4.78 is 15.4. The van der Waals surface area contributed by atoms with Crippen molar-refractivity contribution in [1.29, 1.82) is 0 Å². The molecule has 2 aromatic carbocycles. The third-order valence-electron chi connectivity index (χ3n) is 7.01. The van der Waals surface area contributed by atoms with E-state index in [0.29, 0.717) is 56.9 Å². The first-order valence-electron chi connectivity index (χ1n) is 12.0. The van der Waals surface area contributed by atoms with Crippen molar-refractivity contribution < 1.29 is 9.18 Å². The highest BCUT2D eigenvalue weighted by molar-refractivity contribution is 6.33. The van der Waals surface area contributed by atoms with Crippen LogP contribution in [-0.2, 0) is 0 Å². The number of hydrogen-bond donors (Lipinski definition) is 2. The van der Waals surface area contributed by atoms with E-state index in [1.165, 1.54) is 0 Å². The van der Waals surface area contributed by atoms with Gasteiger partial charge >= 0.3 is 0 Å². The first-order valence-corrected chi connectivity index (χ1v) is 12.4. The maximum atomic E-state index is 15.4. The number of carbonyl (C=O) groups excluding carboxylic acids is 1. The van der Waals surface area contributed by atoms with Crippen molar-refractivity contribution in [3.63, 3.8) is 0 Å². The Morgan fingerprint density at radius 3 is 2.51 bits per heavy atom. The highest BCUT2D eigenvalue weighted by Crippen LogP contribution is 2.31. The van der Waals surface area contributed by atoms with Gasteiger partial charge < -0.3 is 15.2 Å². The molecule has 1 saturated heterocycles. The van der Waals surface area contributed by atoms with E-state index < -0.39 is 0 Å². The number of anilines is 2. The molecular formula is C27H33ClFN5O. The molecule has 0 radical (unpaired) electrons. The molecule has 0 spiro atoms. The summed E-state index contributed by atoms with van der Waals surface area (Å²) in [5.74, 6) is 0.215. The molecule has 1 amide bonds. The molecule has 0 bridgehead atoms. The molecular weight excluding hydrogens is 465 g/mol. The normalized spacial score (nSPS) is 18.8. The molecule has 1 aliphatic rings. The molecule has 1 fully saturated rings. The Labute approximate surface area is 211 Å². The molecule has 1 aliphatic heterocycles. The lowest BCUT2D eigenvalue weighted by molar-refractivity contribution is 0.102. The molecule has 6 nitrogen and oxygen atoms in total. The smallest absolute Gasteiger partial charge is 0.256 e. The van der Waals surface area contributed by atoms with Gasteiger partial charge in [0.05, 0.1) is 10.7 Å². The average molecular weight is 498 g/mol. The minimum atomic E-state index is -0.372. The lowest BCUT2D eigenvalue weighted by Crippen LogP contribution is -2.55. The minimum Gasteiger partial charge on any atom is -0.366 e. The third kappa shape index (κ3) is 5.07. The zero-order chi connectivity index (χ0) is 25.4. The fourth-order valence-corrected chi connectivity index (χ4v) is 4.72. The summed E-state index contributed by atoms with van der Waals surface area (Å²) in [5.41, 5.74) is 3.42. The van der Waals surface area contributed by atoms with Crippen LogP contribution in [0, 0.1) is 12.7 Å². The number of piperazine rings is 1. The van der Waals surface area contributed by atoms with Gasteiger partial charge in [0.15, 0.2) is 0 Å². The number of halogens is 2. The number of rotatable bonds is 5. The molecule has 2 heterocycles. The van der Waals surface area contributed by atoms with Crippen LogP contribution in [0.5, 0.6) is 0 Å². The zero-order valence-electron chi connectivity index (χ0n) is 21.1. The van der Waals surface area contributed by atoms with Crippen LogP contribution in [0.25, 0.3) is 11.4 Å². The van der Waals surface area contributed by atoms with Crippen molar-refractivity contribution in [1.82, 2.24) is 14.9 Å². The predicted molar refractivity (Wildman–Crippen MR) is 141 cm³/mol. The number of hydrogen-bond acceptors (Lipinski definition) is 4. The third-order valence-corrected chi connectivity index (χ3v) is 7.34. The van der Waals surface area contributed by atoms with Gasteiger partial charge in [-0.15, -0.1) is 0 Å². The molecule has 2 atom stereocenters. The first-order chi connectivity index (χ1) is 16.6. The van der Waals surface area contributed by atoms with Crippen LogP contribution < -0.4 is 10.2 Å². The van der Waals surface area contributed by atoms with E-state index in [0.717, 1.165) is 18.8 Å². The average Bonchev–Trinajstić information content (AvgIpc) is 3.30. The topological polar surface area (TPSA) is 64.3 Å². The SMILES string of the molecule is Cc1c(C(=O)Nc2ccc(Cl)c(-c3ncc(C(C)C)[nH]3)c2)ccc(N2C[C@@H](C)N(C)[C@@H](C)C2)c1F. The van der Waals surface area contributed by atoms with Crippen molar-refractivity contribution in [3.8, 4) is 11.4 Å². The van der Waals surface area contributed by atoms with Crippen LogP contribution >= 0.6 is 11.6 Å². The van der Waals surface area contributed by atoms with E-state index in [9.17, 15) is 4.79 Å². The second-order valence-electron chi connectivity index (χ2n) is 9.83. The summed E-state index contributed by atoms with van der Waals surface area (Å²) >= 11 is 6.41. The van der Waals surface area contributed by atoms with Gasteiger partial charge in [0.25, 0.3) is 5.91 Å². The van der Waals surface area contributed by atoms with Crippen LogP contribution in [-0.4, -0.2) is 53.0 Å². The number of H-pyrrole nitrogens is 1. The van der Waals surface area contributed by atoms with Crippen LogP contribution in [0.4, 0.5) is 15.8 Å². The van der Waals surface area contributed by atoms with E-state index in [-0.39, 0.29) is 11.7 Å². The molecule has 186 valence electrons. The predicted octanol–water partition coefficient (Wildman–Crippen LogP) is 6.08. The molecule has 35 heavy (non-hydrogen) atoms. The van der Waals surface area contributed by atoms with Gasteiger partial charge in [0.1, 0.15) is 11.6 Å². The van der Waals surface area contributed by atoms with E-state index >= 15 is 4.39 Å². The van der Waals surface area contributed by atoms with Crippen LogP contribution in [0.15, 0.2) is 36.5 Å². The Kier molecular flexibility index (Phi) is 7.20. The molecule has 2 N–H and O–H groups in total. The van der Waals surface area contributed by atoms with Gasteiger partial charge in [-0.1, -0.05) is 25.4 Å². The second-order valence-corrected chi connectivity index (χ2v) is 10.2. The fourth-order valence-electron chi connectivity index (χ4n) is 4.51. The van der Waals surface area contributed by atoms with Crippen LogP contribution in [0.2, 0.25) is 5.02 Å². The lowest BCUT2D eigenvalue weighted by atomic mass is 10.0. The molecule has 4 rings (SSSR count). The van der Waals surface area contributed by atoms with Gasteiger partial charge in [-0.25, -0.2) is 9.37 Å². The number of aromatic amines is 1. The number of benzene rings is 2. The summed E-state index contributed by atoms with van der Waals surface area (Å²) in [6.07, 6.45) is 1.79. The summed E-state index contributed by atoms with van der Waals surface area (Å²) in [6.45, 7) is 11.6. The molecule has 8 heteroatoms. The minimum absolute atomic E-state index is 0.302. The highest BCUT2D eigenvalue weighted by Gasteiger charge is 2.29. The van der Waals surface area contributed by atoms with E-state index in [1.54, 1.807) is 43.5 Å². The quantitative estimate of drug-likeness (QED) is 0.448. The Bertz CT molecular complexity index is 1230. The van der Waals surface area contributed by atoms with Gasteiger partial charge in [-0.2, -0.15) is 0 Å². The van der Waals surface area contributed by atoms with Crippen molar-refractivity contribution in [2.75, 3.05) is 30.4 Å². The largest absolute Gasteiger partial charge is 0.366 e. The first kappa shape index (κ1) is 25.2. The van der Waals surface area contributed by atoms with Crippen LogP contribution in [0.3, 0.4) is 0 Å². The fraction of sp³-hybridized carbons (Fsp3) is 0.407. The van der Waals surface area contributed by atoms with E-state index in [1.807, 2.05) is 0 Å². The molecule has 0 saturated carbocycles. The van der Waals surface area contributed by atoms with Crippen molar-refractivity contribution >= 4 is 28.9 Å². The number of aromatic nitrogens is 2. The summed E-state index contributed by atoms with van der Waals surface area (Å²) in [6, 6.07) is 9.26. The Morgan fingerprint density at radius 2 is 1.89 bits per heavy atom. The van der Waals surface area contributed by atoms with E-state index in [4.69, 9.17) is 11.6 Å². The Morgan fingerprint density at radius 1 is 1.20 bits per heavy atom. The summed E-state index contributed by atoms with van der Waals surface area (Å²) in [7, 11) is 2.10. The standard InChI is InChI=1S/C27H33ClFN5O/c1-15(2)23-12-30-26(32-23)21-11-19(7-9-22(21)28)31-27(35)20-8-10-24(25(29)18(20)5)34-13-16(3)33(6)17(4)14-34/h7-12,15-17H,13-14H2,1-6H3,(H,30,32)(H,31,35)/t16-,17+. The number of nitrogens with one attached hydrogen (secondary N) is 2. The molecule has 1 aromatic heterocycles. The molecule has 0 aliphatic carbocycles. The molecule has 0 unspecified atom stereocenters. The number of nitrogens with zero attached hydrogens (tertiary/aromatic N) is 3. The number of amides is 1. The highest BCUT2D eigenvalue weighted by atomic mass is 35.5. The van der Waals surface area contributed by atoms with Gasteiger partial charge in [-0.3, -0.25) is 9.69 Å². The zero-order valence-corrected chi connectivity index (χ0v) is 21.9. The van der Waals surface area contributed by atoms with Crippen molar-refractivity contribution in [3.05, 3.63) is 64.2 Å².